The Hall–Kier alpha value is -2.82. The van der Waals surface area contributed by atoms with Crippen LogP contribution in [-0.2, 0) is 16.2 Å². The number of fused-ring (bicyclic) bond motifs is 1. The fourth-order valence-corrected chi connectivity index (χ4v) is 7.68. The number of hydrogen-bond donors (Lipinski definition) is 1. The summed E-state index contributed by atoms with van der Waals surface area (Å²) in [6.45, 7) is 17.9. The fourth-order valence-electron chi connectivity index (χ4n) is 6.25. The monoisotopic (exact) mass is 626 g/mol. The third kappa shape index (κ3) is 6.58. The van der Waals surface area contributed by atoms with Gasteiger partial charge in [-0.05, 0) is 69.3 Å². The van der Waals surface area contributed by atoms with Gasteiger partial charge in [-0.3, -0.25) is 9.36 Å². The van der Waals surface area contributed by atoms with Crippen LogP contribution in [0.5, 0.6) is 0 Å². The molecule has 7 nitrogen and oxygen atoms in total. The molecule has 0 bridgehead atoms. The van der Waals surface area contributed by atoms with Gasteiger partial charge in [-0.25, -0.2) is 13.8 Å². The molecule has 1 atom stereocenters. The largest absolute Gasteiger partial charge is 0.414 e. The molecule has 5 rings (SSSR count). The van der Waals surface area contributed by atoms with Crippen LogP contribution >= 0.6 is 0 Å². The van der Waals surface area contributed by atoms with Gasteiger partial charge in [0.2, 0.25) is 0 Å². The van der Waals surface area contributed by atoms with Crippen molar-refractivity contribution in [1.29, 1.82) is 0 Å². The summed E-state index contributed by atoms with van der Waals surface area (Å²) in [4.78, 5) is 20.7. The van der Waals surface area contributed by atoms with Crippen LogP contribution in [0.4, 0.5) is 20.2 Å². The van der Waals surface area contributed by atoms with E-state index < -0.39 is 20.0 Å². The van der Waals surface area contributed by atoms with Gasteiger partial charge < -0.3 is 19.4 Å². The van der Waals surface area contributed by atoms with Crippen LogP contribution in [0.3, 0.4) is 0 Å². The van der Waals surface area contributed by atoms with Crippen LogP contribution in [0.2, 0.25) is 18.1 Å². The third-order valence-electron chi connectivity index (χ3n) is 9.90. The van der Waals surface area contributed by atoms with Gasteiger partial charge in [0.15, 0.2) is 20.0 Å². The summed E-state index contributed by atoms with van der Waals surface area (Å²) in [5.74, 6) is -0.864. The van der Waals surface area contributed by atoms with Crippen LogP contribution in [0, 0.1) is 18.6 Å². The van der Waals surface area contributed by atoms with Crippen molar-refractivity contribution >= 4 is 30.6 Å². The molecule has 1 aromatic heterocycles. The van der Waals surface area contributed by atoms with Crippen molar-refractivity contribution in [3.63, 3.8) is 0 Å². The van der Waals surface area contributed by atoms with E-state index in [1.165, 1.54) is 12.1 Å². The molecule has 44 heavy (non-hydrogen) atoms. The predicted octanol–water partition coefficient (Wildman–Crippen LogP) is 7.58. The first kappa shape index (κ1) is 32.6. The van der Waals surface area contributed by atoms with Crippen LogP contribution in [-0.4, -0.2) is 50.3 Å². The summed E-state index contributed by atoms with van der Waals surface area (Å²) in [6, 6.07) is 6.13. The van der Waals surface area contributed by atoms with Gasteiger partial charge in [-0.15, -0.1) is 0 Å². The van der Waals surface area contributed by atoms with E-state index in [0.717, 1.165) is 42.6 Å². The Kier molecular flexibility index (Phi) is 9.27. The predicted molar refractivity (Wildman–Crippen MR) is 176 cm³/mol. The van der Waals surface area contributed by atoms with E-state index >= 15 is 0 Å². The highest BCUT2D eigenvalue weighted by atomic mass is 28.4. The lowest BCUT2D eigenvalue weighted by Gasteiger charge is -2.42. The number of aryl methyl sites for hydroxylation is 1. The van der Waals surface area contributed by atoms with Gasteiger partial charge in [0, 0.05) is 63.1 Å². The highest BCUT2D eigenvalue weighted by molar-refractivity contribution is 6.74. The van der Waals surface area contributed by atoms with Crippen LogP contribution in [0.1, 0.15) is 82.3 Å². The second kappa shape index (κ2) is 12.5. The number of benzene rings is 2. The highest BCUT2D eigenvalue weighted by Gasteiger charge is 2.40. The Bertz CT molecular complexity index is 1570. The topological polar surface area (TPSA) is 68.6 Å². The maximum absolute atomic E-state index is 14.7. The second-order valence-corrected chi connectivity index (χ2v) is 18.9. The Morgan fingerprint density at radius 1 is 1.05 bits per heavy atom. The van der Waals surface area contributed by atoms with E-state index in [-0.39, 0.29) is 28.7 Å². The molecule has 2 aromatic carbocycles. The molecule has 0 aliphatic carbocycles. The zero-order chi connectivity index (χ0) is 32.0. The molecule has 0 amide bonds. The van der Waals surface area contributed by atoms with Gasteiger partial charge in [-0.1, -0.05) is 26.8 Å². The minimum Gasteiger partial charge on any atom is -0.414 e. The molecule has 0 spiro atoms. The van der Waals surface area contributed by atoms with Gasteiger partial charge in [0.25, 0.3) is 5.56 Å². The number of rotatable bonds is 7. The molecule has 10 heteroatoms. The quantitative estimate of drug-likeness (QED) is 0.273. The van der Waals surface area contributed by atoms with Crippen molar-refractivity contribution in [3.05, 3.63) is 63.2 Å². The van der Waals surface area contributed by atoms with Gasteiger partial charge in [0.05, 0.1) is 28.3 Å². The number of anilines is 2. The highest BCUT2D eigenvalue weighted by Crippen LogP contribution is 2.40. The molecule has 2 fully saturated rings. The van der Waals surface area contributed by atoms with Crippen molar-refractivity contribution < 1.29 is 17.9 Å². The van der Waals surface area contributed by atoms with Gasteiger partial charge in [0.1, 0.15) is 5.82 Å². The lowest BCUT2D eigenvalue weighted by Crippen LogP contribution is -2.47. The molecule has 1 N–H and O–H groups in total. The van der Waals surface area contributed by atoms with Crippen molar-refractivity contribution in [2.75, 3.05) is 36.5 Å². The van der Waals surface area contributed by atoms with Gasteiger partial charge in [-0.2, -0.15) is 0 Å². The van der Waals surface area contributed by atoms with Crippen LogP contribution in [0.15, 0.2) is 29.1 Å². The molecule has 3 heterocycles. The summed E-state index contributed by atoms with van der Waals surface area (Å²) in [7, 11) is -0.118. The molecular formula is C34H48F2N4O3Si. The van der Waals surface area contributed by atoms with E-state index in [0.29, 0.717) is 48.6 Å². The standard InChI is InChI=1S/C34H48F2N4O3Si/c1-21-17-25(31-26(18-21)33(41)39(6)32(38-31)23-11-15-42-16-12-23)22(2)37-29-19-27(35)28(36)20-30(29)40-13-9-24(10-14-40)43-44(7,8)34(3,4)5/h17-20,22-24,37H,9-16H2,1-8H3/t22-/m1/s1. The van der Waals surface area contributed by atoms with Crippen molar-refractivity contribution in [2.45, 2.75) is 96.5 Å². The minimum absolute atomic E-state index is 0.0788. The Balaban J connectivity index is 1.44. The average Bonchev–Trinajstić information content (AvgIpc) is 2.96. The molecule has 240 valence electrons. The summed E-state index contributed by atoms with van der Waals surface area (Å²) >= 11 is 0. The Labute approximate surface area is 261 Å². The Morgan fingerprint density at radius 3 is 2.32 bits per heavy atom. The van der Waals surface area contributed by atoms with E-state index in [9.17, 15) is 13.6 Å². The SMILES string of the molecule is Cc1cc([C@@H](C)Nc2cc(F)c(F)cc2N2CCC(O[Si](C)(C)C(C)(C)C)CC2)c2nc(C3CCOCC3)n(C)c(=O)c2c1. The number of aromatic nitrogens is 2. The number of piperidine rings is 1. The van der Waals surface area contributed by atoms with Gasteiger partial charge >= 0.3 is 0 Å². The molecule has 2 aliphatic rings. The first-order valence-electron chi connectivity index (χ1n) is 15.9. The third-order valence-corrected chi connectivity index (χ3v) is 14.4. The average molecular weight is 627 g/mol. The fraction of sp³-hybridized carbons (Fsp3) is 0.588. The summed E-state index contributed by atoms with van der Waals surface area (Å²) in [5.41, 5.74) is 3.50. The minimum atomic E-state index is -1.91. The zero-order valence-electron chi connectivity index (χ0n) is 27.5. The van der Waals surface area contributed by atoms with E-state index in [1.807, 2.05) is 26.0 Å². The van der Waals surface area contributed by atoms with Crippen molar-refractivity contribution in [1.82, 2.24) is 9.55 Å². The van der Waals surface area contributed by atoms with E-state index in [4.69, 9.17) is 14.1 Å². The zero-order valence-corrected chi connectivity index (χ0v) is 28.5. The first-order chi connectivity index (χ1) is 20.7. The van der Waals surface area contributed by atoms with E-state index in [2.05, 4.69) is 44.1 Å². The van der Waals surface area contributed by atoms with E-state index in [1.54, 1.807) is 11.6 Å². The molecule has 2 aliphatic heterocycles. The number of nitrogens with zero attached hydrogens (tertiary/aromatic N) is 3. The lowest BCUT2D eigenvalue weighted by atomic mass is 9.97. The number of ether oxygens (including phenoxy) is 1. The normalized spacial score (nSPS) is 18.2. The smallest absolute Gasteiger partial charge is 0.261 e. The van der Waals surface area contributed by atoms with Crippen LogP contribution < -0.4 is 15.8 Å². The summed E-state index contributed by atoms with van der Waals surface area (Å²) in [5, 5.41) is 4.16. The molecule has 0 radical (unpaired) electrons. The maximum Gasteiger partial charge on any atom is 0.261 e. The van der Waals surface area contributed by atoms with Crippen LogP contribution in [0.25, 0.3) is 10.9 Å². The first-order valence-corrected chi connectivity index (χ1v) is 18.8. The number of hydrogen-bond acceptors (Lipinski definition) is 6. The Morgan fingerprint density at radius 2 is 1.68 bits per heavy atom. The lowest BCUT2D eigenvalue weighted by molar-refractivity contribution is 0.0828. The number of nitrogens with one attached hydrogen (secondary N) is 1. The molecule has 2 saturated heterocycles. The van der Waals surface area contributed by atoms with Crippen molar-refractivity contribution in [2.24, 2.45) is 7.05 Å². The summed E-state index contributed by atoms with van der Waals surface area (Å²) in [6.07, 6.45) is 3.44. The second-order valence-electron chi connectivity index (χ2n) is 14.2. The van der Waals surface area contributed by atoms with Crippen molar-refractivity contribution in [3.8, 4) is 0 Å². The number of halogens is 2. The molecule has 3 aromatic rings. The molecule has 0 unspecified atom stereocenters. The molecular weight excluding hydrogens is 578 g/mol. The summed E-state index contributed by atoms with van der Waals surface area (Å²) < 4.78 is 43.3. The maximum atomic E-state index is 14.7. The molecule has 0 saturated carbocycles.